The summed E-state index contributed by atoms with van der Waals surface area (Å²) in [4.78, 5) is 42.9. The van der Waals surface area contributed by atoms with Crippen LogP contribution in [0.4, 0.5) is 37.6 Å². The van der Waals surface area contributed by atoms with Crippen LogP contribution in [0.15, 0.2) is 59.2 Å². The lowest BCUT2D eigenvalue weighted by Gasteiger charge is -2.41. The molecule has 8 rings (SSSR count). The number of imide groups is 1. The van der Waals surface area contributed by atoms with E-state index in [1.54, 1.807) is 26.6 Å². The van der Waals surface area contributed by atoms with Gasteiger partial charge in [0.05, 0.1) is 34.4 Å². The fourth-order valence-electron chi connectivity index (χ4n) is 9.96. The van der Waals surface area contributed by atoms with E-state index in [-0.39, 0.29) is 18.4 Å². The number of rotatable bonds is 14. The molecular formula is C49H58BrF2N8O4P. The molecule has 0 bridgehead atoms. The zero-order valence-corrected chi connectivity index (χ0v) is 40.3. The largest absolute Gasteiger partial charge is 0.494 e. The summed E-state index contributed by atoms with van der Waals surface area (Å²) in [6, 6.07) is 14.8. The first kappa shape index (κ1) is 46.5. The average Bonchev–Trinajstić information content (AvgIpc) is 3.29. The molecule has 0 spiro atoms. The van der Waals surface area contributed by atoms with E-state index in [4.69, 9.17) is 14.7 Å². The highest BCUT2D eigenvalue weighted by Crippen LogP contribution is 2.43. The number of benzene rings is 3. The summed E-state index contributed by atoms with van der Waals surface area (Å²) in [6.45, 7) is 12.3. The molecule has 12 nitrogen and oxygen atoms in total. The molecule has 3 fully saturated rings. The van der Waals surface area contributed by atoms with E-state index in [2.05, 4.69) is 72.6 Å². The van der Waals surface area contributed by atoms with E-state index in [1.165, 1.54) is 23.4 Å². The van der Waals surface area contributed by atoms with Crippen molar-refractivity contribution in [2.45, 2.75) is 77.6 Å². The van der Waals surface area contributed by atoms with Crippen LogP contribution in [0.25, 0.3) is 10.9 Å². The maximum absolute atomic E-state index is 15.1. The Hall–Kier alpha value is -4.98. The number of carbonyl (C=O) groups is 2. The number of ether oxygens (including phenoxy) is 1. The van der Waals surface area contributed by atoms with Crippen molar-refractivity contribution in [1.82, 2.24) is 25.2 Å². The Morgan fingerprint density at radius 2 is 1.58 bits per heavy atom. The van der Waals surface area contributed by atoms with Crippen LogP contribution in [-0.2, 0) is 33.4 Å². The molecule has 3 aliphatic heterocycles. The molecule has 3 saturated heterocycles. The van der Waals surface area contributed by atoms with Gasteiger partial charge in [-0.3, -0.25) is 19.9 Å². The van der Waals surface area contributed by atoms with Crippen LogP contribution in [0.5, 0.6) is 5.75 Å². The molecular weight excluding hydrogens is 913 g/mol. The van der Waals surface area contributed by atoms with Gasteiger partial charge in [0, 0.05) is 66.0 Å². The Balaban J connectivity index is 0.874. The van der Waals surface area contributed by atoms with Crippen molar-refractivity contribution >= 4 is 79.9 Å². The van der Waals surface area contributed by atoms with Gasteiger partial charge in [-0.15, -0.1) is 0 Å². The molecule has 5 heterocycles. The molecule has 3 aromatic carbocycles. The van der Waals surface area contributed by atoms with Gasteiger partial charge < -0.3 is 29.7 Å². The minimum absolute atomic E-state index is 0.0684. The number of anilines is 5. The number of amides is 2. The van der Waals surface area contributed by atoms with Gasteiger partial charge in [-0.1, -0.05) is 19.9 Å². The van der Waals surface area contributed by atoms with Gasteiger partial charge in [-0.25, -0.2) is 13.8 Å². The standard InChI is InChI=1S/C49H58BrF2N8O4P/c1-6-30-26-41(56-49-53-28-36(50)47(58-49)55-40-12-11-39-34(46(40)65(4,5)63)9-8-33(7-2)54-39)43(64-3)27-42(30)60-22-17-32(18-23-60)31-15-20-59(21-16-31)19-14-29-24-37(51)45(38(52)25-29)35-10-13-44(61)57-48(35)62/h8-9,11-12,24-28,31-32,35H,6-7,10,13-23H2,1-5H3,(H,57,61,62)(H2,53,55,56,58). The third-order valence-corrected chi connectivity index (χ3v) is 15.6. The zero-order chi connectivity index (χ0) is 46.0. The number of hydrogen-bond donors (Lipinski definition) is 3. The van der Waals surface area contributed by atoms with Crippen LogP contribution in [0.2, 0.25) is 0 Å². The van der Waals surface area contributed by atoms with Crippen LogP contribution in [-0.4, -0.2) is 84.8 Å². The lowest BCUT2D eigenvalue weighted by molar-refractivity contribution is -0.134. The maximum atomic E-state index is 15.1. The Morgan fingerprint density at radius 1 is 0.877 bits per heavy atom. The number of aryl methyl sites for hydroxylation is 2. The molecule has 2 amide bonds. The van der Waals surface area contributed by atoms with Crippen molar-refractivity contribution in [3.05, 3.63) is 93.2 Å². The van der Waals surface area contributed by atoms with Crippen molar-refractivity contribution in [2.75, 3.05) is 68.7 Å². The molecule has 344 valence electrons. The minimum Gasteiger partial charge on any atom is -0.494 e. The Bertz CT molecular complexity index is 2620. The molecule has 5 aromatic rings. The molecule has 1 atom stereocenters. The topological polar surface area (TPSA) is 142 Å². The summed E-state index contributed by atoms with van der Waals surface area (Å²) in [5.41, 5.74) is 5.96. The van der Waals surface area contributed by atoms with Gasteiger partial charge in [0.1, 0.15) is 30.3 Å². The number of hydrogen-bond acceptors (Lipinski definition) is 11. The van der Waals surface area contributed by atoms with Crippen molar-refractivity contribution in [3.63, 3.8) is 0 Å². The second-order valence-corrected chi connectivity index (χ2v) is 21.9. The molecule has 0 radical (unpaired) electrons. The van der Waals surface area contributed by atoms with E-state index in [1.807, 2.05) is 24.3 Å². The quantitative estimate of drug-likeness (QED) is 0.0724. The Kier molecular flexibility index (Phi) is 14.2. The molecule has 3 aliphatic rings. The highest BCUT2D eigenvalue weighted by atomic mass is 79.9. The lowest BCUT2D eigenvalue weighted by atomic mass is 9.78. The second kappa shape index (κ2) is 19.9. The summed E-state index contributed by atoms with van der Waals surface area (Å²) in [7, 11) is -1.07. The summed E-state index contributed by atoms with van der Waals surface area (Å²) in [6.07, 6.45) is 8.46. The molecule has 0 saturated carbocycles. The first-order valence-corrected chi connectivity index (χ1v) is 26.2. The number of aromatic nitrogens is 3. The summed E-state index contributed by atoms with van der Waals surface area (Å²) in [5.74, 6) is -0.615. The van der Waals surface area contributed by atoms with Gasteiger partial charge in [-0.05, 0) is 153 Å². The van der Waals surface area contributed by atoms with Crippen molar-refractivity contribution in [3.8, 4) is 5.75 Å². The first-order valence-electron chi connectivity index (χ1n) is 22.8. The van der Waals surface area contributed by atoms with Crippen molar-refractivity contribution in [1.29, 1.82) is 0 Å². The third-order valence-electron chi connectivity index (χ3n) is 13.4. The molecule has 0 aliphatic carbocycles. The molecule has 2 aromatic heterocycles. The number of nitrogens with zero attached hydrogens (tertiary/aromatic N) is 5. The van der Waals surface area contributed by atoms with Crippen LogP contribution in [0.1, 0.15) is 80.7 Å². The van der Waals surface area contributed by atoms with Crippen LogP contribution >= 0.6 is 23.1 Å². The monoisotopic (exact) mass is 970 g/mol. The number of pyridine rings is 1. The smallest absolute Gasteiger partial charge is 0.234 e. The van der Waals surface area contributed by atoms with Gasteiger partial charge in [0.2, 0.25) is 17.8 Å². The third kappa shape index (κ3) is 10.4. The summed E-state index contributed by atoms with van der Waals surface area (Å²) >= 11 is 3.62. The number of carbonyl (C=O) groups excluding carboxylic acids is 2. The molecule has 3 N–H and O–H groups in total. The normalized spacial score (nSPS) is 18.0. The maximum Gasteiger partial charge on any atom is 0.234 e. The van der Waals surface area contributed by atoms with E-state index in [9.17, 15) is 14.2 Å². The van der Waals surface area contributed by atoms with E-state index < -0.39 is 36.5 Å². The lowest BCUT2D eigenvalue weighted by Crippen LogP contribution is -2.41. The summed E-state index contributed by atoms with van der Waals surface area (Å²) in [5, 5.41) is 10.6. The molecule has 1 unspecified atom stereocenters. The van der Waals surface area contributed by atoms with E-state index in [0.29, 0.717) is 58.0 Å². The Labute approximate surface area is 388 Å². The first-order chi connectivity index (χ1) is 31.2. The fourth-order valence-corrected chi connectivity index (χ4v) is 11.7. The van der Waals surface area contributed by atoms with Gasteiger partial charge in [0.15, 0.2) is 0 Å². The highest BCUT2D eigenvalue weighted by Gasteiger charge is 2.34. The number of methoxy groups -OCH3 is 1. The summed E-state index contributed by atoms with van der Waals surface area (Å²) < 4.78 is 50.6. The van der Waals surface area contributed by atoms with Gasteiger partial charge >= 0.3 is 0 Å². The average molecular weight is 972 g/mol. The van der Waals surface area contributed by atoms with Gasteiger partial charge in [0.25, 0.3) is 0 Å². The minimum atomic E-state index is -2.74. The molecule has 65 heavy (non-hydrogen) atoms. The van der Waals surface area contributed by atoms with E-state index in [0.717, 1.165) is 92.3 Å². The number of halogens is 3. The number of piperidine rings is 3. The van der Waals surface area contributed by atoms with Crippen LogP contribution in [0, 0.1) is 23.5 Å². The predicted octanol–water partition coefficient (Wildman–Crippen LogP) is 9.63. The van der Waals surface area contributed by atoms with Crippen LogP contribution < -0.4 is 30.9 Å². The van der Waals surface area contributed by atoms with Crippen LogP contribution in [0.3, 0.4) is 0 Å². The van der Waals surface area contributed by atoms with Gasteiger partial charge in [-0.2, -0.15) is 4.98 Å². The predicted molar refractivity (Wildman–Crippen MR) is 258 cm³/mol. The van der Waals surface area contributed by atoms with E-state index >= 15 is 8.78 Å². The zero-order valence-electron chi connectivity index (χ0n) is 37.8. The molecule has 16 heteroatoms. The number of likely N-dealkylation sites (tertiary alicyclic amines) is 1. The Morgan fingerprint density at radius 3 is 2.23 bits per heavy atom. The number of fused-ring (bicyclic) bond motifs is 1. The fraction of sp³-hybridized carbons (Fsp3) is 0.449. The highest BCUT2D eigenvalue weighted by molar-refractivity contribution is 9.10. The van der Waals surface area contributed by atoms with Crippen molar-refractivity contribution in [2.24, 2.45) is 11.8 Å². The second-order valence-electron chi connectivity index (χ2n) is 17.9. The number of nitrogens with one attached hydrogen (secondary N) is 3. The SMILES string of the molecule is CCc1ccc2c(P(C)(C)=O)c(Nc3nc(Nc4cc(CC)c(N5CCC(C6CCN(CCc7cc(F)c(C8CCC(=O)NC8=O)c(F)c7)CC6)CC5)cc4OC)ncc3Br)ccc2n1. The van der Waals surface area contributed by atoms with Crippen molar-refractivity contribution < 1.29 is 27.7 Å².